The fourth-order valence-corrected chi connectivity index (χ4v) is 5.82. The van der Waals surface area contributed by atoms with E-state index in [0.717, 1.165) is 44.3 Å². The zero-order valence-electron chi connectivity index (χ0n) is 20.1. The predicted molar refractivity (Wildman–Crippen MR) is 130 cm³/mol. The van der Waals surface area contributed by atoms with Crippen molar-refractivity contribution in [3.05, 3.63) is 64.6 Å². The molecule has 2 aromatic heterocycles. The van der Waals surface area contributed by atoms with Gasteiger partial charge in [-0.1, -0.05) is 17.7 Å². The number of nitrogens with zero attached hydrogens (tertiary/aromatic N) is 3. The van der Waals surface area contributed by atoms with Crippen LogP contribution in [-0.4, -0.2) is 46.6 Å². The van der Waals surface area contributed by atoms with Gasteiger partial charge in [0.2, 0.25) is 0 Å². The molecule has 3 aromatic rings. The largest absolute Gasteiger partial charge is 0.451 e. The molecule has 5 rings (SSSR count). The molecule has 174 valence electrons. The summed E-state index contributed by atoms with van der Waals surface area (Å²) in [6, 6.07) is 7.88. The zero-order valence-corrected chi connectivity index (χ0v) is 20.1. The molecule has 0 bridgehead atoms. The smallest absolute Gasteiger partial charge is 0.323 e. The number of ether oxygens (including phenoxy) is 1. The summed E-state index contributed by atoms with van der Waals surface area (Å²) < 4.78 is 8.79. The first kappa shape index (κ1) is 22.1. The molecular weight excluding hydrogens is 412 g/mol. The van der Waals surface area contributed by atoms with Crippen LogP contribution >= 0.6 is 0 Å². The third-order valence-electron chi connectivity index (χ3n) is 7.57. The van der Waals surface area contributed by atoms with Gasteiger partial charge in [-0.15, -0.1) is 0 Å². The van der Waals surface area contributed by atoms with Crippen molar-refractivity contribution in [1.82, 2.24) is 14.5 Å². The molecule has 2 aliphatic heterocycles. The molecule has 3 atom stereocenters. The maximum atomic E-state index is 12.8. The van der Waals surface area contributed by atoms with Gasteiger partial charge in [0.1, 0.15) is 6.04 Å². The first-order valence-electron chi connectivity index (χ1n) is 12.0. The molecule has 0 spiro atoms. The van der Waals surface area contributed by atoms with E-state index in [1.54, 1.807) is 13.1 Å². The average molecular weight is 447 g/mol. The number of fused-ring (bicyclic) bond motifs is 3. The Morgan fingerprint density at radius 3 is 2.79 bits per heavy atom. The number of rotatable bonds is 4. The number of likely N-dealkylation sites (N-methyl/N-ethyl adjacent to an activating group) is 1. The molecule has 3 unspecified atom stereocenters. The van der Waals surface area contributed by atoms with Gasteiger partial charge in [-0.25, -0.2) is 0 Å². The third-order valence-corrected chi connectivity index (χ3v) is 7.57. The number of carbonyl (C=O) groups is 1. The Bertz CT molecular complexity index is 1200. The van der Waals surface area contributed by atoms with Crippen LogP contribution in [0, 0.1) is 6.92 Å². The lowest BCUT2D eigenvalue weighted by atomic mass is 9.82. The summed E-state index contributed by atoms with van der Waals surface area (Å²) in [6.07, 6.45) is 7.45. The van der Waals surface area contributed by atoms with E-state index >= 15 is 0 Å². The van der Waals surface area contributed by atoms with Crippen LogP contribution in [0.2, 0.25) is 0 Å². The highest BCUT2D eigenvalue weighted by molar-refractivity contribution is 5.90. The van der Waals surface area contributed by atoms with Crippen molar-refractivity contribution in [1.29, 1.82) is 0 Å². The average Bonchev–Trinajstić information content (AvgIpc) is 2.96. The minimum Gasteiger partial charge on any atom is -0.451 e. The highest BCUT2D eigenvalue weighted by Crippen LogP contribution is 2.47. The summed E-state index contributed by atoms with van der Waals surface area (Å²) in [6.45, 7) is 7.99. The van der Waals surface area contributed by atoms with Gasteiger partial charge in [-0.3, -0.25) is 9.78 Å². The lowest BCUT2D eigenvalue weighted by Crippen LogP contribution is -2.44. The van der Waals surface area contributed by atoms with Crippen LogP contribution in [0.3, 0.4) is 0 Å². The van der Waals surface area contributed by atoms with E-state index in [-0.39, 0.29) is 12.0 Å². The Labute approximate surface area is 195 Å². The van der Waals surface area contributed by atoms with Crippen molar-refractivity contribution in [2.45, 2.75) is 64.1 Å². The highest BCUT2D eigenvalue weighted by atomic mass is 16.6. The van der Waals surface area contributed by atoms with Crippen LogP contribution in [0.5, 0.6) is 0 Å². The monoisotopic (exact) mass is 446 g/mol. The van der Waals surface area contributed by atoms with E-state index in [4.69, 9.17) is 10.5 Å². The summed E-state index contributed by atoms with van der Waals surface area (Å²) in [5.41, 5.74) is 12.8. The van der Waals surface area contributed by atoms with E-state index < -0.39 is 11.6 Å². The Balaban J connectivity index is 1.75. The first-order valence-corrected chi connectivity index (χ1v) is 12.0. The van der Waals surface area contributed by atoms with Crippen molar-refractivity contribution < 1.29 is 9.53 Å². The van der Waals surface area contributed by atoms with Crippen LogP contribution in [0.15, 0.2) is 36.7 Å². The molecule has 0 saturated heterocycles. The minimum atomic E-state index is -0.876. The molecular formula is C27H34N4O2. The number of benzene rings is 1. The van der Waals surface area contributed by atoms with Gasteiger partial charge in [0.15, 0.2) is 5.60 Å². The normalized spacial score (nSPS) is 21.2. The van der Waals surface area contributed by atoms with Gasteiger partial charge in [-0.2, -0.15) is 0 Å². The van der Waals surface area contributed by atoms with Crippen molar-refractivity contribution in [2.75, 3.05) is 20.1 Å². The summed E-state index contributed by atoms with van der Waals surface area (Å²) in [4.78, 5) is 19.6. The van der Waals surface area contributed by atoms with E-state index in [1.165, 1.54) is 33.3 Å². The Kier molecular flexibility index (Phi) is 5.53. The molecule has 0 fully saturated rings. The van der Waals surface area contributed by atoms with Crippen LogP contribution in [-0.2, 0) is 34.4 Å². The van der Waals surface area contributed by atoms with Crippen LogP contribution < -0.4 is 5.73 Å². The quantitative estimate of drug-likeness (QED) is 0.619. The summed E-state index contributed by atoms with van der Waals surface area (Å²) >= 11 is 0. The standard InChI is InChI=1S/C27H34N4O2/c1-17-14-19-7-8-24(27(3,33-26(32)18(2)28)20-6-5-11-29-16-20)31-23-10-13-30(4)12-9-21(23)22(15-17)25(19)31/h5-6,11,14-16,18,24H,7-10,12-13,28H2,1-4H3. The first-order chi connectivity index (χ1) is 15.8. The van der Waals surface area contributed by atoms with Crippen molar-refractivity contribution in [3.63, 3.8) is 0 Å². The molecule has 2 N–H and O–H groups in total. The second-order valence-corrected chi connectivity index (χ2v) is 10.0. The number of aromatic nitrogens is 2. The van der Waals surface area contributed by atoms with Crippen LogP contribution in [0.1, 0.15) is 54.3 Å². The van der Waals surface area contributed by atoms with Crippen LogP contribution in [0.4, 0.5) is 0 Å². The molecule has 1 aromatic carbocycles. The van der Waals surface area contributed by atoms with Gasteiger partial charge < -0.3 is 19.9 Å². The fourth-order valence-electron chi connectivity index (χ4n) is 5.82. The van der Waals surface area contributed by atoms with Gasteiger partial charge in [-0.05, 0) is 70.3 Å². The van der Waals surface area contributed by atoms with E-state index in [2.05, 4.69) is 40.6 Å². The highest BCUT2D eigenvalue weighted by Gasteiger charge is 2.45. The van der Waals surface area contributed by atoms with Crippen molar-refractivity contribution in [2.24, 2.45) is 5.73 Å². The lowest BCUT2D eigenvalue weighted by Gasteiger charge is -2.42. The molecule has 0 amide bonds. The molecule has 33 heavy (non-hydrogen) atoms. The maximum absolute atomic E-state index is 12.8. The lowest BCUT2D eigenvalue weighted by molar-refractivity contribution is -0.166. The van der Waals surface area contributed by atoms with Gasteiger partial charge in [0.25, 0.3) is 0 Å². The zero-order chi connectivity index (χ0) is 23.3. The molecule has 4 heterocycles. The Morgan fingerprint density at radius 2 is 2.06 bits per heavy atom. The molecule has 2 aliphatic rings. The van der Waals surface area contributed by atoms with E-state index in [9.17, 15) is 4.79 Å². The SMILES string of the molecule is Cc1cc2c3c(c1)c1c(n3C(C(C)(OC(=O)C(C)N)c3cccnc3)CC2)CCN(C)CC1. The minimum absolute atomic E-state index is 0.0331. The predicted octanol–water partition coefficient (Wildman–Crippen LogP) is 3.67. The number of pyridine rings is 1. The number of esters is 1. The Morgan fingerprint density at radius 1 is 1.27 bits per heavy atom. The third kappa shape index (κ3) is 3.65. The summed E-state index contributed by atoms with van der Waals surface area (Å²) in [5, 5.41) is 1.37. The second kappa shape index (κ2) is 8.26. The van der Waals surface area contributed by atoms with Gasteiger partial charge in [0.05, 0.1) is 11.6 Å². The topological polar surface area (TPSA) is 73.4 Å². The molecule has 0 saturated carbocycles. The molecule has 0 aliphatic carbocycles. The summed E-state index contributed by atoms with van der Waals surface area (Å²) in [7, 11) is 2.20. The van der Waals surface area contributed by atoms with Crippen molar-refractivity contribution >= 4 is 16.9 Å². The van der Waals surface area contributed by atoms with E-state index in [0.29, 0.717) is 0 Å². The van der Waals surface area contributed by atoms with Crippen LogP contribution in [0.25, 0.3) is 10.9 Å². The van der Waals surface area contributed by atoms with Crippen molar-refractivity contribution in [3.8, 4) is 0 Å². The molecule has 0 radical (unpaired) electrons. The number of carbonyl (C=O) groups excluding carboxylic acids is 1. The molecule has 6 heteroatoms. The maximum Gasteiger partial charge on any atom is 0.323 e. The van der Waals surface area contributed by atoms with Gasteiger partial charge in [0, 0.05) is 48.5 Å². The number of hydrogen-bond donors (Lipinski definition) is 1. The number of aryl methyl sites for hydroxylation is 2. The number of nitrogens with two attached hydrogens (primary N) is 1. The Hall–Kier alpha value is -2.70. The fraction of sp³-hybridized carbons (Fsp3) is 0.481. The summed E-state index contributed by atoms with van der Waals surface area (Å²) in [5.74, 6) is -0.384. The van der Waals surface area contributed by atoms with Gasteiger partial charge >= 0.3 is 5.97 Å². The molecule has 6 nitrogen and oxygen atoms in total. The number of hydrogen-bond acceptors (Lipinski definition) is 5. The second-order valence-electron chi connectivity index (χ2n) is 10.0. The van der Waals surface area contributed by atoms with E-state index in [1.807, 2.05) is 25.3 Å².